The predicted octanol–water partition coefficient (Wildman–Crippen LogP) is 1.41. The van der Waals surface area contributed by atoms with Gasteiger partial charge >= 0.3 is 12.0 Å². The fraction of sp³-hybridized carbons (Fsp3) is 0.615. The minimum Gasteiger partial charge on any atom is -0.481 e. The minimum atomic E-state index is -0.807. The highest BCUT2D eigenvalue weighted by molar-refractivity contribution is 5.74. The monoisotopic (exact) mass is 280 g/mol. The van der Waals surface area contributed by atoms with Crippen molar-refractivity contribution in [1.29, 1.82) is 0 Å². The average Bonchev–Trinajstić information content (AvgIpc) is 2.85. The molecule has 0 radical (unpaired) electrons. The molecule has 0 aromatic carbocycles. The lowest BCUT2D eigenvalue weighted by Gasteiger charge is -2.40. The normalized spacial score (nSPS) is 17.9. The molecular formula is C13H20N4O3. The number of aromatic nitrogens is 2. The van der Waals surface area contributed by atoms with Crippen LogP contribution in [-0.4, -0.2) is 33.8 Å². The summed E-state index contributed by atoms with van der Waals surface area (Å²) in [7, 11) is 0. The van der Waals surface area contributed by atoms with Crippen molar-refractivity contribution in [2.75, 3.05) is 6.54 Å². The number of hydrogen-bond donors (Lipinski definition) is 4. The molecule has 1 atom stereocenters. The Kier molecular flexibility index (Phi) is 4.26. The van der Waals surface area contributed by atoms with Crippen LogP contribution in [0.3, 0.4) is 0 Å². The Labute approximate surface area is 117 Å². The summed E-state index contributed by atoms with van der Waals surface area (Å²) in [5, 5.41) is 21.0. The summed E-state index contributed by atoms with van der Waals surface area (Å²) in [5.41, 5.74) is 0.631. The molecule has 0 saturated heterocycles. The molecule has 1 aromatic heterocycles. The molecule has 7 nitrogen and oxygen atoms in total. The third-order valence-electron chi connectivity index (χ3n) is 3.93. The molecule has 1 aliphatic carbocycles. The quantitative estimate of drug-likeness (QED) is 0.632. The second-order valence-corrected chi connectivity index (χ2v) is 5.50. The highest BCUT2D eigenvalue weighted by atomic mass is 16.4. The molecule has 1 aromatic rings. The van der Waals surface area contributed by atoms with E-state index in [1.54, 1.807) is 12.4 Å². The van der Waals surface area contributed by atoms with Crippen LogP contribution in [0.25, 0.3) is 0 Å². The van der Waals surface area contributed by atoms with Crippen molar-refractivity contribution in [3.63, 3.8) is 0 Å². The van der Waals surface area contributed by atoms with E-state index in [1.165, 1.54) is 0 Å². The number of nitrogens with one attached hydrogen (secondary N) is 3. The zero-order valence-corrected chi connectivity index (χ0v) is 11.5. The fourth-order valence-electron chi connectivity index (χ4n) is 2.51. The second-order valence-electron chi connectivity index (χ2n) is 5.50. The Morgan fingerprint density at radius 2 is 2.30 bits per heavy atom. The summed E-state index contributed by atoms with van der Waals surface area (Å²) in [6.07, 6.45) is 6.24. The van der Waals surface area contributed by atoms with Crippen molar-refractivity contribution in [3.05, 3.63) is 18.0 Å². The molecule has 1 saturated carbocycles. The summed E-state index contributed by atoms with van der Waals surface area (Å²) in [6.45, 7) is 2.27. The van der Waals surface area contributed by atoms with Gasteiger partial charge in [0.05, 0.1) is 18.7 Å². The van der Waals surface area contributed by atoms with E-state index in [0.717, 1.165) is 24.8 Å². The van der Waals surface area contributed by atoms with E-state index in [0.29, 0.717) is 6.54 Å². The summed E-state index contributed by atoms with van der Waals surface area (Å²) < 4.78 is 0. The second kappa shape index (κ2) is 5.94. The number of urea groups is 1. The van der Waals surface area contributed by atoms with Gasteiger partial charge in [0.25, 0.3) is 0 Å². The number of aliphatic carboxylic acids is 1. The number of carbonyl (C=O) groups excluding carboxylic acids is 1. The molecule has 1 aliphatic rings. The van der Waals surface area contributed by atoms with Crippen molar-refractivity contribution < 1.29 is 14.7 Å². The number of nitrogens with zero attached hydrogens (tertiary/aromatic N) is 1. The maximum Gasteiger partial charge on any atom is 0.315 e. The molecule has 7 heteroatoms. The van der Waals surface area contributed by atoms with E-state index >= 15 is 0 Å². The van der Waals surface area contributed by atoms with E-state index in [4.69, 9.17) is 5.11 Å². The molecule has 110 valence electrons. The Hall–Kier alpha value is -2.05. The topological polar surface area (TPSA) is 107 Å². The van der Waals surface area contributed by atoms with Gasteiger partial charge in [-0.15, -0.1) is 0 Å². The standard InChI is InChI=1S/C13H20N4O3/c1-9(10-6-15-16-7-10)17-12(20)14-8-13(3-2-4-13)5-11(18)19/h6-7,9H,2-5,8H2,1H3,(H,15,16)(H,18,19)(H2,14,17,20). The first-order chi connectivity index (χ1) is 9.51. The number of H-pyrrole nitrogens is 1. The van der Waals surface area contributed by atoms with E-state index in [-0.39, 0.29) is 23.9 Å². The number of carbonyl (C=O) groups is 2. The predicted molar refractivity (Wildman–Crippen MR) is 72.1 cm³/mol. The van der Waals surface area contributed by atoms with Gasteiger partial charge in [-0.2, -0.15) is 5.10 Å². The van der Waals surface area contributed by atoms with Gasteiger partial charge in [-0.25, -0.2) is 4.79 Å². The van der Waals surface area contributed by atoms with Gasteiger partial charge in [-0.05, 0) is 25.2 Å². The zero-order valence-electron chi connectivity index (χ0n) is 11.5. The molecule has 2 rings (SSSR count). The van der Waals surface area contributed by atoms with Crippen LogP contribution in [0, 0.1) is 5.41 Å². The van der Waals surface area contributed by atoms with Crippen molar-refractivity contribution in [2.45, 2.75) is 38.6 Å². The van der Waals surface area contributed by atoms with Gasteiger partial charge in [-0.1, -0.05) is 6.42 Å². The van der Waals surface area contributed by atoms with Crippen LogP contribution < -0.4 is 10.6 Å². The van der Waals surface area contributed by atoms with Gasteiger partial charge in [0.15, 0.2) is 0 Å². The summed E-state index contributed by atoms with van der Waals surface area (Å²) in [5.74, 6) is -0.807. The average molecular weight is 280 g/mol. The first-order valence-electron chi connectivity index (χ1n) is 6.76. The van der Waals surface area contributed by atoms with E-state index in [2.05, 4.69) is 20.8 Å². The number of carboxylic acid groups (broad SMARTS) is 1. The maximum absolute atomic E-state index is 11.8. The molecule has 20 heavy (non-hydrogen) atoms. The highest BCUT2D eigenvalue weighted by Crippen LogP contribution is 2.43. The first-order valence-corrected chi connectivity index (χ1v) is 6.76. The van der Waals surface area contributed by atoms with Crippen LogP contribution >= 0.6 is 0 Å². The highest BCUT2D eigenvalue weighted by Gasteiger charge is 2.39. The van der Waals surface area contributed by atoms with Crippen molar-refractivity contribution in [2.24, 2.45) is 5.41 Å². The van der Waals surface area contributed by atoms with Crippen molar-refractivity contribution >= 4 is 12.0 Å². The van der Waals surface area contributed by atoms with Gasteiger partial charge in [0.2, 0.25) is 0 Å². The van der Waals surface area contributed by atoms with Crippen LogP contribution in [0.15, 0.2) is 12.4 Å². The van der Waals surface area contributed by atoms with Crippen molar-refractivity contribution in [1.82, 2.24) is 20.8 Å². The fourth-order valence-corrected chi connectivity index (χ4v) is 2.51. The SMILES string of the molecule is CC(NC(=O)NCC1(CC(=O)O)CCC1)c1cn[nH]c1. The Balaban J connectivity index is 1.78. The lowest BCUT2D eigenvalue weighted by atomic mass is 9.66. The molecule has 0 aliphatic heterocycles. The maximum atomic E-state index is 11.8. The molecule has 1 unspecified atom stereocenters. The molecule has 1 fully saturated rings. The van der Waals surface area contributed by atoms with Crippen LogP contribution in [0.1, 0.15) is 44.2 Å². The number of rotatable bonds is 6. The lowest BCUT2D eigenvalue weighted by Crippen LogP contribution is -2.47. The van der Waals surface area contributed by atoms with Crippen molar-refractivity contribution in [3.8, 4) is 0 Å². The molecule has 1 heterocycles. The Bertz CT molecular complexity index is 468. The molecule has 0 bridgehead atoms. The summed E-state index contributed by atoms with van der Waals surface area (Å²) in [6, 6.07) is -0.430. The first kappa shape index (κ1) is 14.4. The lowest BCUT2D eigenvalue weighted by molar-refractivity contribution is -0.141. The van der Waals surface area contributed by atoms with Gasteiger partial charge < -0.3 is 15.7 Å². The molecule has 4 N–H and O–H groups in total. The Morgan fingerprint density at radius 1 is 1.55 bits per heavy atom. The van der Waals surface area contributed by atoms with E-state index in [9.17, 15) is 9.59 Å². The van der Waals surface area contributed by atoms with Crippen LogP contribution in [0.2, 0.25) is 0 Å². The third-order valence-corrected chi connectivity index (χ3v) is 3.93. The molecular weight excluding hydrogens is 260 g/mol. The van der Waals surface area contributed by atoms with Crippen LogP contribution in [0.4, 0.5) is 4.79 Å². The zero-order chi connectivity index (χ0) is 14.6. The summed E-state index contributed by atoms with van der Waals surface area (Å²) in [4.78, 5) is 22.7. The van der Waals surface area contributed by atoms with Gasteiger partial charge in [0, 0.05) is 18.3 Å². The van der Waals surface area contributed by atoms with E-state index in [1.807, 2.05) is 6.92 Å². The van der Waals surface area contributed by atoms with Crippen LogP contribution in [0.5, 0.6) is 0 Å². The van der Waals surface area contributed by atoms with Crippen LogP contribution in [-0.2, 0) is 4.79 Å². The largest absolute Gasteiger partial charge is 0.481 e. The van der Waals surface area contributed by atoms with Gasteiger partial charge in [0.1, 0.15) is 0 Å². The number of aromatic amines is 1. The summed E-state index contributed by atoms with van der Waals surface area (Å²) >= 11 is 0. The third kappa shape index (κ3) is 3.49. The number of amides is 2. The minimum absolute atomic E-state index is 0.116. The number of carboxylic acids is 1. The smallest absolute Gasteiger partial charge is 0.315 e. The molecule has 0 spiro atoms. The molecule has 2 amide bonds. The Morgan fingerprint density at radius 3 is 2.80 bits per heavy atom. The number of hydrogen-bond acceptors (Lipinski definition) is 3. The van der Waals surface area contributed by atoms with Gasteiger partial charge in [-0.3, -0.25) is 9.89 Å². The van der Waals surface area contributed by atoms with E-state index < -0.39 is 5.97 Å².